The average molecular weight is 372 g/mol. The summed E-state index contributed by atoms with van der Waals surface area (Å²) in [4.78, 5) is 25.2. The molecular weight excluding hydrogens is 346 g/mol. The van der Waals surface area contributed by atoms with Gasteiger partial charge in [-0.2, -0.15) is 0 Å². The van der Waals surface area contributed by atoms with Crippen molar-refractivity contribution in [2.24, 2.45) is 11.7 Å². The van der Waals surface area contributed by atoms with Crippen LogP contribution < -0.4 is 16.4 Å². The van der Waals surface area contributed by atoms with Crippen molar-refractivity contribution in [1.29, 1.82) is 0 Å². The Hall–Kier alpha value is -1.24. The number of anilines is 1. The van der Waals surface area contributed by atoms with Crippen LogP contribution in [0.1, 0.15) is 44.0 Å². The molecular formula is C17H26ClN3O2S. The molecule has 0 aromatic heterocycles. The molecule has 0 saturated carbocycles. The summed E-state index contributed by atoms with van der Waals surface area (Å²) in [6.45, 7) is 6.56. The molecule has 24 heavy (non-hydrogen) atoms. The molecule has 1 unspecified atom stereocenters. The fourth-order valence-electron chi connectivity index (χ4n) is 2.79. The number of nitrogens with one attached hydrogen (secondary N) is 2. The lowest BCUT2D eigenvalue weighted by atomic mass is 9.90. The highest BCUT2D eigenvalue weighted by molar-refractivity contribution is 7.99. The van der Waals surface area contributed by atoms with Crippen LogP contribution in [0.15, 0.2) is 23.1 Å². The maximum Gasteiger partial charge on any atom is 0.251 e. The second kappa shape index (κ2) is 8.74. The molecule has 0 spiro atoms. The predicted octanol–water partition coefficient (Wildman–Crippen LogP) is 3.04. The Labute approximate surface area is 153 Å². The topological polar surface area (TPSA) is 84.2 Å². The molecule has 7 heteroatoms. The van der Waals surface area contributed by atoms with E-state index in [4.69, 9.17) is 5.73 Å². The van der Waals surface area contributed by atoms with Gasteiger partial charge in [-0.3, -0.25) is 9.59 Å². The first-order chi connectivity index (χ1) is 10.8. The van der Waals surface area contributed by atoms with Crippen LogP contribution in [-0.2, 0) is 4.79 Å². The van der Waals surface area contributed by atoms with Crippen molar-refractivity contribution in [1.82, 2.24) is 5.32 Å². The molecule has 2 amide bonds. The van der Waals surface area contributed by atoms with E-state index < -0.39 is 5.54 Å². The minimum Gasteiger partial charge on any atom is -0.346 e. The van der Waals surface area contributed by atoms with E-state index in [0.29, 0.717) is 30.1 Å². The van der Waals surface area contributed by atoms with Crippen molar-refractivity contribution in [2.75, 3.05) is 17.6 Å². The van der Waals surface area contributed by atoms with Crippen molar-refractivity contribution in [2.45, 2.75) is 44.0 Å². The highest BCUT2D eigenvalue weighted by Crippen LogP contribution is 2.31. The predicted molar refractivity (Wildman–Crippen MR) is 102 cm³/mol. The molecule has 0 saturated heterocycles. The van der Waals surface area contributed by atoms with Gasteiger partial charge in [0.05, 0.1) is 5.69 Å². The van der Waals surface area contributed by atoms with Crippen LogP contribution in [-0.4, -0.2) is 29.7 Å². The monoisotopic (exact) mass is 371 g/mol. The van der Waals surface area contributed by atoms with Crippen molar-refractivity contribution in [3.05, 3.63) is 23.8 Å². The number of fused-ring (bicyclic) bond motifs is 1. The van der Waals surface area contributed by atoms with Gasteiger partial charge in [0.1, 0.15) is 0 Å². The molecule has 134 valence electrons. The number of nitrogens with two attached hydrogens (primary N) is 1. The second-order valence-corrected chi connectivity index (χ2v) is 7.81. The molecule has 1 atom stereocenters. The largest absolute Gasteiger partial charge is 0.346 e. The normalized spacial score (nSPS) is 16.3. The van der Waals surface area contributed by atoms with Crippen LogP contribution in [0.3, 0.4) is 0 Å². The minimum atomic E-state index is -0.434. The minimum absolute atomic E-state index is 0. The summed E-state index contributed by atoms with van der Waals surface area (Å²) in [6, 6.07) is 5.43. The zero-order chi connectivity index (χ0) is 17.0. The summed E-state index contributed by atoms with van der Waals surface area (Å²) < 4.78 is 0. The summed E-state index contributed by atoms with van der Waals surface area (Å²) in [5.41, 5.74) is 6.67. The van der Waals surface area contributed by atoms with Gasteiger partial charge in [0, 0.05) is 34.7 Å². The van der Waals surface area contributed by atoms with E-state index in [1.807, 2.05) is 13.0 Å². The highest BCUT2D eigenvalue weighted by atomic mass is 35.5. The van der Waals surface area contributed by atoms with Gasteiger partial charge in [0.25, 0.3) is 5.91 Å². The van der Waals surface area contributed by atoms with Crippen molar-refractivity contribution >= 4 is 41.7 Å². The number of carbonyl (C=O) groups excluding carboxylic acids is 2. The van der Waals surface area contributed by atoms with Gasteiger partial charge >= 0.3 is 0 Å². The van der Waals surface area contributed by atoms with Gasteiger partial charge < -0.3 is 16.4 Å². The molecule has 2 rings (SSSR count). The van der Waals surface area contributed by atoms with E-state index in [1.165, 1.54) is 0 Å². The van der Waals surface area contributed by atoms with Gasteiger partial charge in [0.2, 0.25) is 5.91 Å². The molecule has 1 aliphatic heterocycles. The number of benzene rings is 1. The summed E-state index contributed by atoms with van der Waals surface area (Å²) in [7, 11) is 0. The Morgan fingerprint density at radius 2 is 2.17 bits per heavy atom. The molecule has 1 aromatic rings. The first-order valence-corrected chi connectivity index (χ1v) is 8.91. The van der Waals surface area contributed by atoms with Gasteiger partial charge in [-0.05, 0) is 37.5 Å². The smallest absolute Gasteiger partial charge is 0.251 e. The van der Waals surface area contributed by atoms with Crippen LogP contribution >= 0.6 is 24.2 Å². The molecule has 5 nitrogen and oxygen atoms in total. The fraction of sp³-hybridized carbons (Fsp3) is 0.529. The number of thioether (sulfide) groups is 1. The van der Waals surface area contributed by atoms with Crippen LogP contribution in [0.4, 0.5) is 5.69 Å². The van der Waals surface area contributed by atoms with Crippen molar-refractivity contribution in [3.63, 3.8) is 0 Å². The summed E-state index contributed by atoms with van der Waals surface area (Å²) in [5, 5.41) is 5.90. The highest BCUT2D eigenvalue weighted by Gasteiger charge is 2.26. The van der Waals surface area contributed by atoms with Crippen LogP contribution in [0.25, 0.3) is 0 Å². The Morgan fingerprint density at radius 3 is 2.79 bits per heavy atom. The third kappa shape index (κ3) is 5.40. The molecule has 0 aliphatic carbocycles. The second-order valence-electron chi connectivity index (χ2n) is 6.67. The summed E-state index contributed by atoms with van der Waals surface area (Å²) in [5.74, 6) is 1.01. The van der Waals surface area contributed by atoms with E-state index >= 15 is 0 Å². The Morgan fingerprint density at radius 1 is 1.46 bits per heavy atom. The van der Waals surface area contributed by atoms with Crippen molar-refractivity contribution in [3.8, 4) is 0 Å². The van der Waals surface area contributed by atoms with Crippen LogP contribution in [0, 0.1) is 5.92 Å². The van der Waals surface area contributed by atoms with Gasteiger partial charge in [-0.15, -0.1) is 24.2 Å². The van der Waals surface area contributed by atoms with E-state index in [9.17, 15) is 9.59 Å². The van der Waals surface area contributed by atoms with Gasteiger partial charge in [-0.25, -0.2) is 0 Å². The molecule has 0 bridgehead atoms. The number of hydrogen-bond acceptors (Lipinski definition) is 4. The van der Waals surface area contributed by atoms with E-state index in [2.05, 4.69) is 24.5 Å². The summed E-state index contributed by atoms with van der Waals surface area (Å²) in [6.07, 6.45) is 1.30. The van der Waals surface area contributed by atoms with E-state index in [1.54, 1.807) is 23.9 Å². The average Bonchev–Trinajstić information content (AvgIpc) is 2.65. The molecule has 1 heterocycles. The number of hydrogen-bond donors (Lipinski definition) is 3. The zero-order valence-corrected chi connectivity index (χ0v) is 16.0. The third-order valence-electron chi connectivity index (χ3n) is 3.83. The fourth-order valence-corrected chi connectivity index (χ4v) is 3.73. The molecule has 0 fully saturated rings. The lowest BCUT2D eigenvalue weighted by Crippen LogP contribution is -2.52. The first-order valence-electron chi connectivity index (χ1n) is 7.92. The van der Waals surface area contributed by atoms with Crippen LogP contribution in [0.5, 0.6) is 0 Å². The third-order valence-corrected chi connectivity index (χ3v) is 4.90. The standard InChI is InChI=1S/C17H25N3O2S.ClH/c1-11(2)9-17(3,10-18)20-16(22)12-4-5-14-13(8-12)19-15(21)6-7-23-14;/h4-5,8,11H,6-7,9-10,18H2,1-3H3,(H,19,21)(H,20,22);1H. The van der Waals surface area contributed by atoms with Crippen molar-refractivity contribution < 1.29 is 9.59 Å². The first kappa shape index (κ1) is 20.8. The Balaban J connectivity index is 0.00000288. The molecule has 1 aromatic carbocycles. The molecule has 1 aliphatic rings. The Kier molecular flexibility index (Phi) is 7.57. The number of amides is 2. The SMILES string of the molecule is CC(C)CC(C)(CN)NC(=O)c1ccc2c(c1)NC(=O)CCS2.Cl. The number of rotatable bonds is 5. The molecule has 0 radical (unpaired) electrons. The number of halogens is 1. The van der Waals surface area contributed by atoms with Gasteiger partial charge in [0.15, 0.2) is 0 Å². The van der Waals surface area contributed by atoms with Gasteiger partial charge in [-0.1, -0.05) is 13.8 Å². The molecule has 4 N–H and O–H groups in total. The van der Waals surface area contributed by atoms with E-state index in [-0.39, 0.29) is 24.2 Å². The lowest BCUT2D eigenvalue weighted by molar-refractivity contribution is -0.115. The van der Waals surface area contributed by atoms with E-state index in [0.717, 1.165) is 17.1 Å². The maximum absolute atomic E-state index is 12.6. The Bertz CT molecular complexity index is 609. The van der Waals surface area contributed by atoms with Crippen LogP contribution in [0.2, 0.25) is 0 Å². The summed E-state index contributed by atoms with van der Waals surface area (Å²) >= 11 is 1.62. The number of carbonyl (C=O) groups is 2. The zero-order valence-electron chi connectivity index (χ0n) is 14.3. The maximum atomic E-state index is 12.6. The quantitative estimate of drug-likeness (QED) is 0.742. The lowest BCUT2D eigenvalue weighted by Gasteiger charge is -2.31.